The molecule has 9 nitrogen and oxygen atoms in total. The standard InChI is InChI=1S/C23H19N7O2/c1-16-12-19(32-23-18(14-24)8-5-11-25-23)9-10-20(16)27-22(31)21(30-15-26-28-29-30)13-17-6-3-2-4-7-17/h2-12,15,21H,13H2,1H3,(H,27,31). The van der Waals surface area contributed by atoms with Crippen LogP contribution in [0.5, 0.6) is 11.6 Å². The summed E-state index contributed by atoms with van der Waals surface area (Å²) in [6.07, 6.45) is 3.43. The maximum atomic E-state index is 13.1. The van der Waals surface area contributed by atoms with Crippen molar-refractivity contribution in [3.8, 4) is 17.7 Å². The average Bonchev–Trinajstić information content (AvgIpc) is 3.35. The second-order valence-electron chi connectivity index (χ2n) is 7.03. The van der Waals surface area contributed by atoms with Gasteiger partial charge in [-0.25, -0.2) is 9.67 Å². The molecule has 2 aromatic heterocycles. The fraction of sp³-hybridized carbons (Fsp3) is 0.130. The summed E-state index contributed by atoms with van der Waals surface area (Å²) in [4.78, 5) is 17.2. The second-order valence-corrected chi connectivity index (χ2v) is 7.03. The van der Waals surface area contributed by atoms with Gasteiger partial charge in [0.05, 0.1) is 0 Å². The van der Waals surface area contributed by atoms with E-state index in [0.717, 1.165) is 11.1 Å². The lowest BCUT2D eigenvalue weighted by Gasteiger charge is -2.18. The van der Waals surface area contributed by atoms with E-state index < -0.39 is 6.04 Å². The van der Waals surface area contributed by atoms with E-state index in [9.17, 15) is 10.1 Å². The summed E-state index contributed by atoms with van der Waals surface area (Å²) in [5.41, 5.74) is 2.76. The van der Waals surface area contributed by atoms with Crippen LogP contribution in [0, 0.1) is 18.3 Å². The quantitative estimate of drug-likeness (QED) is 0.481. The highest BCUT2D eigenvalue weighted by Crippen LogP contribution is 2.27. The number of nitrogens with zero attached hydrogens (tertiary/aromatic N) is 6. The van der Waals surface area contributed by atoms with E-state index in [1.807, 2.05) is 37.3 Å². The lowest BCUT2D eigenvalue weighted by atomic mass is 10.1. The zero-order chi connectivity index (χ0) is 22.3. The zero-order valence-corrected chi connectivity index (χ0v) is 17.2. The lowest BCUT2D eigenvalue weighted by Crippen LogP contribution is -2.28. The van der Waals surface area contributed by atoms with Gasteiger partial charge in [0.15, 0.2) is 0 Å². The number of anilines is 1. The number of ether oxygens (including phenoxy) is 1. The summed E-state index contributed by atoms with van der Waals surface area (Å²) in [5, 5.41) is 23.4. The summed E-state index contributed by atoms with van der Waals surface area (Å²) < 4.78 is 7.19. The molecular weight excluding hydrogens is 406 g/mol. The molecule has 0 spiro atoms. The van der Waals surface area contributed by atoms with Crippen molar-refractivity contribution in [2.75, 3.05) is 5.32 Å². The molecule has 0 aliphatic carbocycles. The SMILES string of the molecule is Cc1cc(Oc2ncccc2C#N)ccc1NC(=O)C(Cc1ccccc1)n1cnnn1. The highest BCUT2D eigenvalue weighted by molar-refractivity contribution is 5.94. The van der Waals surface area contributed by atoms with Crippen molar-refractivity contribution in [2.24, 2.45) is 0 Å². The first-order chi connectivity index (χ1) is 15.6. The van der Waals surface area contributed by atoms with E-state index in [-0.39, 0.29) is 11.8 Å². The third kappa shape index (κ3) is 4.76. The third-order valence-electron chi connectivity index (χ3n) is 4.82. The van der Waals surface area contributed by atoms with Crippen LogP contribution in [0.2, 0.25) is 0 Å². The molecule has 9 heteroatoms. The Morgan fingerprint density at radius 2 is 2.03 bits per heavy atom. The molecule has 4 aromatic rings. The van der Waals surface area contributed by atoms with Crippen LogP contribution in [0.1, 0.15) is 22.7 Å². The van der Waals surface area contributed by atoms with Crippen molar-refractivity contribution < 1.29 is 9.53 Å². The van der Waals surface area contributed by atoms with Gasteiger partial charge in [-0.2, -0.15) is 5.26 Å². The van der Waals surface area contributed by atoms with Crippen LogP contribution in [0.15, 0.2) is 73.2 Å². The fourth-order valence-electron chi connectivity index (χ4n) is 3.18. The molecule has 1 atom stereocenters. The molecule has 0 radical (unpaired) electrons. The van der Waals surface area contributed by atoms with Gasteiger partial charge in [0.2, 0.25) is 11.8 Å². The number of aryl methyl sites for hydroxylation is 1. The Bertz CT molecular complexity index is 1250. The van der Waals surface area contributed by atoms with Gasteiger partial charge < -0.3 is 10.1 Å². The van der Waals surface area contributed by atoms with E-state index in [2.05, 4.69) is 31.9 Å². The Labute approximate surface area is 184 Å². The molecule has 1 unspecified atom stereocenters. The van der Waals surface area contributed by atoms with Gasteiger partial charge in [0.1, 0.15) is 29.8 Å². The zero-order valence-electron chi connectivity index (χ0n) is 17.2. The number of carbonyl (C=O) groups is 1. The van der Waals surface area contributed by atoms with Crippen LogP contribution in [0.25, 0.3) is 0 Å². The number of carbonyl (C=O) groups excluding carboxylic acids is 1. The topological polar surface area (TPSA) is 119 Å². The third-order valence-corrected chi connectivity index (χ3v) is 4.82. The number of tetrazole rings is 1. The smallest absolute Gasteiger partial charge is 0.249 e. The summed E-state index contributed by atoms with van der Waals surface area (Å²) in [6.45, 7) is 1.86. The van der Waals surface area contributed by atoms with Crippen molar-refractivity contribution in [3.63, 3.8) is 0 Å². The molecule has 0 fully saturated rings. The van der Waals surface area contributed by atoms with Crippen LogP contribution in [0.4, 0.5) is 5.69 Å². The monoisotopic (exact) mass is 425 g/mol. The molecule has 0 saturated heterocycles. The Hall–Kier alpha value is -4.58. The van der Waals surface area contributed by atoms with E-state index in [1.165, 1.54) is 11.0 Å². The lowest BCUT2D eigenvalue weighted by molar-refractivity contribution is -0.119. The molecule has 32 heavy (non-hydrogen) atoms. The van der Waals surface area contributed by atoms with E-state index in [1.54, 1.807) is 36.5 Å². The molecule has 0 aliphatic rings. The minimum atomic E-state index is -0.616. The van der Waals surface area contributed by atoms with Gasteiger partial charge in [-0.15, -0.1) is 5.10 Å². The highest BCUT2D eigenvalue weighted by Gasteiger charge is 2.23. The van der Waals surface area contributed by atoms with Crippen molar-refractivity contribution in [3.05, 3.63) is 89.9 Å². The summed E-state index contributed by atoms with van der Waals surface area (Å²) in [7, 11) is 0. The molecule has 0 bridgehead atoms. The second kappa shape index (κ2) is 9.49. The van der Waals surface area contributed by atoms with Gasteiger partial charge in [-0.05, 0) is 58.8 Å². The number of pyridine rings is 1. The van der Waals surface area contributed by atoms with Crippen molar-refractivity contribution in [1.29, 1.82) is 5.26 Å². The minimum absolute atomic E-state index is 0.229. The maximum absolute atomic E-state index is 13.1. The van der Waals surface area contributed by atoms with E-state index in [4.69, 9.17) is 4.74 Å². The Morgan fingerprint density at radius 1 is 1.19 bits per heavy atom. The molecule has 0 saturated carbocycles. The molecular formula is C23H19N7O2. The summed E-state index contributed by atoms with van der Waals surface area (Å²) >= 11 is 0. The molecule has 2 aromatic carbocycles. The molecule has 2 heterocycles. The predicted molar refractivity (Wildman–Crippen MR) is 116 cm³/mol. The van der Waals surface area contributed by atoms with Crippen LogP contribution in [-0.2, 0) is 11.2 Å². The summed E-state index contributed by atoms with van der Waals surface area (Å²) in [6, 6.07) is 19.6. The molecule has 4 rings (SSSR count). The molecule has 1 N–H and O–H groups in total. The molecule has 0 aliphatic heterocycles. The number of nitriles is 1. The largest absolute Gasteiger partial charge is 0.438 e. The van der Waals surface area contributed by atoms with Gasteiger partial charge >= 0.3 is 0 Å². The first-order valence-electron chi connectivity index (χ1n) is 9.85. The highest BCUT2D eigenvalue weighted by atomic mass is 16.5. The maximum Gasteiger partial charge on any atom is 0.249 e. The van der Waals surface area contributed by atoms with Crippen LogP contribution in [0.3, 0.4) is 0 Å². The van der Waals surface area contributed by atoms with Crippen molar-refractivity contribution in [1.82, 2.24) is 25.2 Å². The van der Waals surface area contributed by atoms with Crippen LogP contribution < -0.4 is 10.1 Å². The number of amides is 1. The average molecular weight is 425 g/mol. The van der Waals surface area contributed by atoms with Crippen LogP contribution >= 0.6 is 0 Å². The number of rotatable bonds is 7. The van der Waals surface area contributed by atoms with E-state index >= 15 is 0 Å². The Kier molecular flexibility index (Phi) is 6.13. The van der Waals surface area contributed by atoms with Crippen LogP contribution in [-0.4, -0.2) is 31.1 Å². The molecule has 158 valence electrons. The number of nitrogens with one attached hydrogen (secondary N) is 1. The number of aromatic nitrogens is 5. The predicted octanol–water partition coefficient (Wildman–Crippen LogP) is 3.46. The van der Waals surface area contributed by atoms with Gasteiger partial charge in [-0.1, -0.05) is 30.3 Å². The fourth-order valence-corrected chi connectivity index (χ4v) is 3.18. The number of hydrogen-bond donors (Lipinski definition) is 1. The van der Waals surface area contributed by atoms with Crippen molar-refractivity contribution >= 4 is 11.6 Å². The minimum Gasteiger partial charge on any atom is -0.438 e. The first-order valence-corrected chi connectivity index (χ1v) is 9.85. The Morgan fingerprint density at radius 3 is 2.75 bits per heavy atom. The Balaban J connectivity index is 1.52. The number of hydrogen-bond acceptors (Lipinski definition) is 7. The van der Waals surface area contributed by atoms with Crippen molar-refractivity contribution in [2.45, 2.75) is 19.4 Å². The van der Waals surface area contributed by atoms with E-state index in [0.29, 0.717) is 23.4 Å². The first kappa shape index (κ1) is 20.7. The molecule has 1 amide bonds. The normalized spacial score (nSPS) is 11.4. The van der Waals surface area contributed by atoms with Gasteiger partial charge in [-0.3, -0.25) is 4.79 Å². The van der Waals surface area contributed by atoms with Gasteiger partial charge in [0.25, 0.3) is 0 Å². The summed E-state index contributed by atoms with van der Waals surface area (Å²) in [5.74, 6) is 0.499. The number of benzene rings is 2. The van der Waals surface area contributed by atoms with Gasteiger partial charge in [0, 0.05) is 18.3 Å².